The lowest BCUT2D eigenvalue weighted by molar-refractivity contribution is 0.0951. The maximum absolute atomic E-state index is 13.4. The molecular formula is C26H33ClN4O4S. The summed E-state index contributed by atoms with van der Waals surface area (Å²) in [6.45, 7) is 8.56. The molecule has 3 aromatic rings. The Morgan fingerprint density at radius 2 is 1.89 bits per heavy atom. The molecule has 1 aliphatic rings. The smallest absolute Gasteiger partial charge is 0.254 e. The number of aromatic amines is 1. The Morgan fingerprint density at radius 3 is 2.53 bits per heavy atom. The Morgan fingerprint density at radius 1 is 1.22 bits per heavy atom. The van der Waals surface area contributed by atoms with Gasteiger partial charge in [0.1, 0.15) is 0 Å². The number of piperidine rings is 1. The third-order valence-corrected chi connectivity index (χ3v) is 9.59. The van der Waals surface area contributed by atoms with Crippen molar-refractivity contribution in [3.63, 3.8) is 0 Å². The third kappa shape index (κ3) is 4.96. The number of nitrogens with one attached hydrogen (secondary N) is 2. The average molecular weight is 533 g/mol. The first-order valence-electron chi connectivity index (χ1n) is 12.3. The van der Waals surface area contributed by atoms with Gasteiger partial charge in [0, 0.05) is 41.4 Å². The van der Waals surface area contributed by atoms with Crippen LogP contribution >= 0.6 is 11.6 Å². The number of hydrogen-bond acceptors (Lipinski definition) is 4. The molecule has 1 aromatic carbocycles. The van der Waals surface area contributed by atoms with Gasteiger partial charge < -0.3 is 14.9 Å². The molecule has 1 fully saturated rings. The van der Waals surface area contributed by atoms with Gasteiger partial charge in [-0.15, -0.1) is 0 Å². The van der Waals surface area contributed by atoms with Gasteiger partial charge in [0.2, 0.25) is 10.0 Å². The van der Waals surface area contributed by atoms with Gasteiger partial charge in [-0.1, -0.05) is 29.8 Å². The first kappa shape index (κ1) is 26.4. The minimum absolute atomic E-state index is 0.0200. The van der Waals surface area contributed by atoms with Gasteiger partial charge in [-0.3, -0.25) is 9.59 Å². The molecule has 1 amide bonds. The molecule has 0 aliphatic carbocycles. The van der Waals surface area contributed by atoms with Crippen LogP contribution in [0.25, 0.3) is 10.9 Å². The van der Waals surface area contributed by atoms with Gasteiger partial charge >= 0.3 is 0 Å². The Labute approximate surface area is 216 Å². The number of aryl methyl sites for hydroxylation is 1. The van der Waals surface area contributed by atoms with Crippen LogP contribution in [0.3, 0.4) is 0 Å². The van der Waals surface area contributed by atoms with E-state index in [4.69, 9.17) is 11.6 Å². The number of H-pyrrole nitrogens is 1. The SMILES string of the molecule is CCS(=O)(=O)N1CCC(C(C)n2c(C)c(C(=O)NCc3c(Cl)cc(C)[nH]c3=O)c3ccccc32)CC1. The van der Waals surface area contributed by atoms with Gasteiger partial charge in [0.15, 0.2) is 0 Å². The number of carbonyl (C=O) groups excluding carboxylic acids is 1. The molecule has 0 saturated carbocycles. The van der Waals surface area contributed by atoms with Crippen molar-refractivity contribution in [2.75, 3.05) is 18.8 Å². The number of pyridine rings is 1. The summed E-state index contributed by atoms with van der Waals surface area (Å²) >= 11 is 6.25. The summed E-state index contributed by atoms with van der Waals surface area (Å²) in [6.07, 6.45) is 1.53. The molecule has 2 N–H and O–H groups in total. The number of fused-ring (bicyclic) bond motifs is 1. The number of sulfonamides is 1. The predicted octanol–water partition coefficient (Wildman–Crippen LogP) is 4.15. The molecule has 36 heavy (non-hydrogen) atoms. The van der Waals surface area contributed by atoms with E-state index in [1.807, 2.05) is 31.2 Å². The molecule has 10 heteroatoms. The molecular weight excluding hydrogens is 500 g/mol. The normalized spacial score (nSPS) is 16.4. The minimum Gasteiger partial charge on any atom is -0.348 e. The van der Waals surface area contributed by atoms with Gasteiger partial charge in [-0.2, -0.15) is 0 Å². The monoisotopic (exact) mass is 532 g/mol. The van der Waals surface area contributed by atoms with E-state index < -0.39 is 10.0 Å². The van der Waals surface area contributed by atoms with Gasteiger partial charge in [-0.05, 0) is 58.6 Å². The topological polar surface area (TPSA) is 104 Å². The highest BCUT2D eigenvalue weighted by Crippen LogP contribution is 2.36. The Kier molecular flexibility index (Phi) is 7.64. The van der Waals surface area contributed by atoms with Crippen molar-refractivity contribution < 1.29 is 13.2 Å². The van der Waals surface area contributed by atoms with E-state index in [1.54, 1.807) is 24.2 Å². The summed E-state index contributed by atoms with van der Waals surface area (Å²) in [7, 11) is -3.18. The highest BCUT2D eigenvalue weighted by atomic mass is 35.5. The predicted molar refractivity (Wildman–Crippen MR) is 143 cm³/mol. The molecule has 0 radical (unpaired) electrons. The van der Waals surface area contributed by atoms with E-state index in [9.17, 15) is 18.0 Å². The van der Waals surface area contributed by atoms with E-state index in [2.05, 4.69) is 21.8 Å². The molecule has 0 bridgehead atoms. The van der Waals surface area contributed by atoms with Gasteiger partial charge in [-0.25, -0.2) is 12.7 Å². The second kappa shape index (κ2) is 10.4. The summed E-state index contributed by atoms with van der Waals surface area (Å²) in [5, 5.41) is 4.04. The van der Waals surface area contributed by atoms with E-state index in [-0.39, 0.29) is 35.7 Å². The third-order valence-electron chi connectivity index (χ3n) is 7.37. The van der Waals surface area contributed by atoms with Crippen LogP contribution in [-0.2, 0) is 16.6 Å². The van der Waals surface area contributed by atoms with Crippen molar-refractivity contribution in [1.29, 1.82) is 0 Å². The van der Waals surface area contributed by atoms with Crippen molar-refractivity contribution in [3.05, 3.63) is 68.2 Å². The zero-order chi connectivity index (χ0) is 26.2. The van der Waals surface area contributed by atoms with E-state index >= 15 is 0 Å². The number of para-hydroxylation sites is 1. The van der Waals surface area contributed by atoms with E-state index in [1.165, 1.54) is 0 Å². The van der Waals surface area contributed by atoms with Crippen LogP contribution in [0.4, 0.5) is 0 Å². The summed E-state index contributed by atoms with van der Waals surface area (Å²) in [4.78, 5) is 28.4. The zero-order valence-corrected chi connectivity index (χ0v) is 22.7. The molecule has 3 heterocycles. The quantitative estimate of drug-likeness (QED) is 0.477. The number of hydrogen-bond donors (Lipinski definition) is 2. The van der Waals surface area contributed by atoms with Crippen molar-refractivity contribution >= 4 is 38.4 Å². The second-order valence-electron chi connectivity index (χ2n) is 9.52. The highest BCUT2D eigenvalue weighted by molar-refractivity contribution is 7.89. The average Bonchev–Trinajstić information content (AvgIpc) is 3.14. The molecule has 4 rings (SSSR count). The minimum atomic E-state index is -3.18. The number of nitrogens with zero attached hydrogens (tertiary/aromatic N) is 2. The number of amides is 1. The fourth-order valence-corrected chi connectivity index (χ4v) is 6.78. The van der Waals surface area contributed by atoms with Crippen LogP contribution in [0.5, 0.6) is 0 Å². The van der Waals surface area contributed by atoms with Crippen molar-refractivity contribution in [3.8, 4) is 0 Å². The second-order valence-corrected chi connectivity index (χ2v) is 12.2. The standard InChI is InChI=1S/C26H33ClN4O4S/c1-5-36(34,35)30-12-10-19(11-13-30)17(3)31-18(4)24(20-8-6-7-9-23(20)31)26(33)28-15-21-22(27)14-16(2)29-25(21)32/h6-9,14,17,19H,5,10-13,15H2,1-4H3,(H,28,33)(H,29,32). The molecule has 1 unspecified atom stereocenters. The summed E-state index contributed by atoms with van der Waals surface area (Å²) in [6, 6.07) is 9.55. The lowest BCUT2D eigenvalue weighted by atomic mass is 9.91. The van der Waals surface area contributed by atoms with Gasteiger partial charge in [0.05, 0.1) is 28.4 Å². The first-order valence-corrected chi connectivity index (χ1v) is 14.3. The molecule has 1 saturated heterocycles. The zero-order valence-electron chi connectivity index (χ0n) is 21.1. The largest absolute Gasteiger partial charge is 0.348 e. The number of rotatable bonds is 7. The maximum Gasteiger partial charge on any atom is 0.254 e. The number of aromatic nitrogens is 2. The van der Waals surface area contributed by atoms with Crippen LogP contribution in [0.2, 0.25) is 5.02 Å². The molecule has 0 spiro atoms. The van der Waals surface area contributed by atoms with Crippen molar-refractivity contribution in [2.45, 2.75) is 53.1 Å². The Bertz CT molecular complexity index is 1450. The Hall–Kier alpha value is -2.62. The van der Waals surface area contributed by atoms with Crippen LogP contribution in [0.15, 0.2) is 35.1 Å². The summed E-state index contributed by atoms with van der Waals surface area (Å²) in [5.74, 6) is 0.130. The van der Waals surface area contributed by atoms with E-state index in [0.29, 0.717) is 34.9 Å². The van der Waals surface area contributed by atoms with Gasteiger partial charge in [0.25, 0.3) is 11.5 Å². The van der Waals surface area contributed by atoms with Crippen molar-refractivity contribution in [2.24, 2.45) is 5.92 Å². The highest BCUT2D eigenvalue weighted by Gasteiger charge is 2.32. The number of benzene rings is 1. The van der Waals surface area contributed by atoms with Crippen LogP contribution in [0, 0.1) is 19.8 Å². The molecule has 8 nitrogen and oxygen atoms in total. The lowest BCUT2D eigenvalue weighted by Crippen LogP contribution is -2.40. The Balaban J connectivity index is 1.60. The maximum atomic E-state index is 13.4. The lowest BCUT2D eigenvalue weighted by Gasteiger charge is -2.35. The van der Waals surface area contributed by atoms with Crippen LogP contribution < -0.4 is 10.9 Å². The molecule has 2 aromatic heterocycles. The molecule has 1 atom stereocenters. The van der Waals surface area contributed by atoms with Crippen LogP contribution in [-0.4, -0.2) is 47.0 Å². The molecule has 194 valence electrons. The number of carbonyl (C=O) groups is 1. The molecule has 1 aliphatic heterocycles. The summed E-state index contributed by atoms with van der Waals surface area (Å²) in [5.41, 5.74) is 3.04. The van der Waals surface area contributed by atoms with Crippen molar-refractivity contribution in [1.82, 2.24) is 19.2 Å². The fourth-order valence-electron chi connectivity index (χ4n) is 5.33. The van der Waals surface area contributed by atoms with Crippen LogP contribution in [0.1, 0.15) is 60.0 Å². The first-order chi connectivity index (χ1) is 17.0. The van der Waals surface area contributed by atoms with E-state index in [0.717, 1.165) is 29.4 Å². The summed E-state index contributed by atoms with van der Waals surface area (Å²) < 4.78 is 28.3. The number of halogens is 1. The fraction of sp³-hybridized carbons (Fsp3) is 0.462.